The summed E-state index contributed by atoms with van der Waals surface area (Å²) in [6.45, 7) is 6.36. The van der Waals surface area contributed by atoms with Crippen molar-refractivity contribution in [1.82, 2.24) is 14.8 Å². The first-order chi connectivity index (χ1) is 19.1. The van der Waals surface area contributed by atoms with Crippen LogP contribution < -0.4 is 15.4 Å². The van der Waals surface area contributed by atoms with E-state index < -0.39 is 32.9 Å². The Morgan fingerprint density at radius 1 is 1.17 bits per heavy atom. The van der Waals surface area contributed by atoms with E-state index in [0.29, 0.717) is 6.54 Å². The van der Waals surface area contributed by atoms with Crippen molar-refractivity contribution in [3.05, 3.63) is 54.2 Å². The van der Waals surface area contributed by atoms with Crippen LogP contribution in [0.25, 0.3) is 5.82 Å². The molecule has 1 atom stereocenters. The number of carbonyl (C=O) groups is 1. The maximum Gasteiger partial charge on any atom is 0.394 e. The van der Waals surface area contributed by atoms with Crippen LogP contribution in [0.2, 0.25) is 0 Å². The lowest BCUT2D eigenvalue weighted by atomic mass is 9.97. The van der Waals surface area contributed by atoms with Gasteiger partial charge in [0.25, 0.3) is 5.91 Å². The summed E-state index contributed by atoms with van der Waals surface area (Å²) in [6.07, 6.45) is -2.05. The van der Waals surface area contributed by atoms with Crippen molar-refractivity contribution in [2.75, 3.05) is 18.1 Å². The maximum absolute atomic E-state index is 13.9. The van der Waals surface area contributed by atoms with Crippen LogP contribution >= 0.6 is 0 Å². The molecule has 2 aromatic heterocycles. The Morgan fingerprint density at radius 3 is 2.41 bits per heavy atom. The Morgan fingerprint density at radius 2 is 1.85 bits per heavy atom. The number of halogens is 3. The topological polar surface area (TPSA) is 120 Å². The number of alkyl halides is 3. The van der Waals surface area contributed by atoms with Gasteiger partial charge in [-0.05, 0) is 57.6 Å². The van der Waals surface area contributed by atoms with E-state index >= 15 is 0 Å². The number of pyridine rings is 1. The van der Waals surface area contributed by atoms with Gasteiger partial charge < -0.3 is 15.4 Å². The number of nitrogens with zero attached hydrogens (tertiary/aromatic N) is 4. The second-order valence-corrected chi connectivity index (χ2v) is 13.5. The number of rotatable bonds is 9. The quantitative estimate of drug-likeness (QED) is 0.374. The van der Waals surface area contributed by atoms with Gasteiger partial charge in [0, 0.05) is 30.4 Å². The number of hydrogen-bond acceptors (Lipinski definition) is 7. The molecule has 2 N–H and O–H groups in total. The smallest absolute Gasteiger partial charge is 0.394 e. The molecule has 41 heavy (non-hydrogen) atoms. The zero-order valence-electron chi connectivity index (χ0n) is 23.0. The SMILES string of the molecule is C[C@H]1CN(c2nc(-n3ccc(OCCC4(C(F)(F)F)CC4)n3)cc(S(=O)(=O)c3ccccc3)c2C(N)=O)C(C)(C)C1. The van der Waals surface area contributed by atoms with Gasteiger partial charge in [0.1, 0.15) is 11.4 Å². The highest BCUT2D eigenvalue weighted by atomic mass is 32.2. The normalized spacial score (nSPS) is 19.8. The molecule has 1 aliphatic carbocycles. The standard InChI is InChI=1S/C28H32F3N5O4S/c1-18-16-26(2,3)35(17-18)25-23(24(32)37)20(41(38,39)19-7-5-4-6-8-19)15-21(33-25)36-13-9-22(34-36)40-14-12-27(10-11-27)28(29,30)31/h4-9,13,15,18H,10-12,14,16-17H2,1-3H3,(H2,32,37)/t18-/m1/s1. The van der Waals surface area contributed by atoms with E-state index in [1.165, 1.54) is 35.1 Å². The van der Waals surface area contributed by atoms with Gasteiger partial charge in [-0.2, -0.15) is 13.2 Å². The summed E-state index contributed by atoms with van der Waals surface area (Å²) in [5.41, 5.74) is 3.43. The van der Waals surface area contributed by atoms with Crippen LogP contribution in [0.4, 0.5) is 19.0 Å². The first-order valence-electron chi connectivity index (χ1n) is 13.3. The van der Waals surface area contributed by atoms with Crippen LogP contribution in [0.5, 0.6) is 5.88 Å². The summed E-state index contributed by atoms with van der Waals surface area (Å²) >= 11 is 0. The minimum atomic E-state index is -4.28. The average Bonchev–Trinajstić information content (AvgIpc) is 3.46. The Hall–Kier alpha value is -3.61. The molecule has 1 amide bonds. The summed E-state index contributed by atoms with van der Waals surface area (Å²) in [4.78, 5) is 19.1. The highest BCUT2D eigenvalue weighted by Gasteiger charge is 2.62. The molecule has 5 rings (SSSR count). The fourth-order valence-corrected chi connectivity index (χ4v) is 7.12. The molecule has 1 aliphatic heterocycles. The minimum Gasteiger partial charge on any atom is -0.477 e. The van der Waals surface area contributed by atoms with Crippen molar-refractivity contribution in [2.45, 2.75) is 68.0 Å². The zero-order chi connectivity index (χ0) is 29.8. The third kappa shape index (κ3) is 5.39. The molecule has 0 radical (unpaired) electrons. The molecule has 3 heterocycles. The van der Waals surface area contributed by atoms with Crippen LogP contribution in [-0.2, 0) is 9.84 Å². The van der Waals surface area contributed by atoms with Gasteiger partial charge in [-0.25, -0.2) is 18.1 Å². The van der Waals surface area contributed by atoms with Gasteiger partial charge in [-0.3, -0.25) is 4.79 Å². The molecule has 1 aromatic carbocycles. The van der Waals surface area contributed by atoms with Crippen LogP contribution in [0.3, 0.4) is 0 Å². The van der Waals surface area contributed by atoms with E-state index in [2.05, 4.69) is 17.0 Å². The third-order valence-electron chi connectivity index (χ3n) is 7.95. The molecule has 0 bridgehead atoms. The molecule has 2 fully saturated rings. The second-order valence-electron chi connectivity index (χ2n) is 11.6. The lowest BCUT2D eigenvalue weighted by Gasteiger charge is -2.34. The lowest BCUT2D eigenvalue weighted by molar-refractivity contribution is -0.190. The van der Waals surface area contributed by atoms with E-state index in [1.807, 2.05) is 18.7 Å². The second kappa shape index (κ2) is 10.0. The summed E-state index contributed by atoms with van der Waals surface area (Å²) in [5, 5.41) is 4.29. The average molecular weight is 592 g/mol. The predicted octanol–water partition coefficient (Wildman–Crippen LogP) is 4.94. The number of benzene rings is 1. The number of sulfone groups is 1. The van der Waals surface area contributed by atoms with E-state index in [9.17, 15) is 26.4 Å². The largest absolute Gasteiger partial charge is 0.477 e. The number of nitrogens with two attached hydrogens (primary N) is 1. The Bertz CT molecular complexity index is 1570. The fourth-order valence-electron chi connectivity index (χ4n) is 5.63. The molecule has 1 saturated carbocycles. The van der Waals surface area contributed by atoms with E-state index in [4.69, 9.17) is 10.5 Å². The highest BCUT2D eigenvalue weighted by molar-refractivity contribution is 7.91. The summed E-state index contributed by atoms with van der Waals surface area (Å²) < 4.78 is 74.3. The van der Waals surface area contributed by atoms with Crippen molar-refractivity contribution < 1.29 is 31.1 Å². The number of hydrogen-bond donors (Lipinski definition) is 1. The molecule has 3 aromatic rings. The van der Waals surface area contributed by atoms with Crippen LogP contribution in [0.1, 0.15) is 56.8 Å². The Balaban J connectivity index is 1.57. The van der Waals surface area contributed by atoms with Gasteiger partial charge >= 0.3 is 6.18 Å². The first kappa shape index (κ1) is 28.9. The fraction of sp³-hybridized carbons (Fsp3) is 0.464. The van der Waals surface area contributed by atoms with Crippen molar-refractivity contribution in [3.8, 4) is 11.7 Å². The number of aromatic nitrogens is 3. The van der Waals surface area contributed by atoms with Crippen molar-refractivity contribution >= 4 is 21.6 Å². The van der Waals surface area contributed by atoms with Crippen molar-refractivity contribution in [1.29, 1.82) is 0 Å². The molecule has 0 unspecified atom stereocenters. The number of carbonyl (C=O) groups excluding carboxylic acids is 1. The molecule has 2 aliphatic rings. The molecule has 9 nitrogen and oxygen atoms in total. The van der Waals surface area contributed by atoms with E-state index in [-0.39, 0.29) is 64.7 Å². The highest BCUT2D eigenvalue weighted by Crippen LogP contribution is 2.59. The van der Waals surface area contributed by atoms with Gasteiger partial charge in [0.2, 0.25) is 15.7 Å². The molecular formula is C28H32F3N5O4S. The predicted molar refractivity (Wildman–Crippen MR) is 145 cm³/mol. The Labute approximate surface area is 236 Å². The van der Waals surface area contributed by atoms with E-state index in [1.54, 1.807) is 18.2 Å². The van der Waals surface area contributed by atoms with E-state index in [0.717, 1.165) is 6.42 Å². The Kier molecular flexibility index (Phi) is 7.07. The molecule has 13 heteroatoms. The van der Waals surface area contributed by atoms with Crippen molar-refractivity contribution in [3.63, 3.8) is 0 Å². The monoisotopic (exact) mass is 591 g/mol. The number of primary amides is 1. The summed E-state index contributed by atoms with van der Waals surface area (Å²) in [7, 11) is -4.23. The number of anilines is 1. The van der Waals surface area contributed by atoms with Gasteiger partial charge in [0.15, 0.2) is 5.82 Å². The molecule has 1 saturated heterocycles. The molecular weight excluding hydrogens is 559 g/mol. The van der Waals surface area contributed by atoms with Crippen molar-refractivity contribution in [2.24, 2.45) is 17.1 Å². The third-order valence-corrected chi connectivity index (χ3v) is 9.75. The minimum absolute atomic E-state index is 0.0252. The maximum atomic E-state index is 13.9. The molecule has 0 spiro atoms. The summed E-state index contributed by atoms with van der Waals surface area (Å²) in [6, 6.07) is 10.4. The number of amides is 1. The van der Waals surface area contributed by atoms with Crippen LogP contribution in [0.15, 0.2) is 58.5 Å². The van der Waals surface area contributed by atoms with Gasteiger partial charge in [-0.1, -0.05) is 25.1 Å². The lowest BCUT2D eigenvalue weighted by Crippen LogP contribution is -2.40. The van der Waals surface area contributed by atoms with Crippen LogP contribution in [0, 0.1) is 11.3 Å². The summed E-state index contributed by atoms with van der Waals surface area (Å²) in [5.74, 6) is -0.433. The number of ether oxygens (including phenoxy) is 1. The van der Waals surface area contributed by atoms with Crippen LogP contribution in [-0.4, -0.2) is 54.0 Å². The first-order valence-corrected chi connectivity index (χ1v) is 14.8. The van der Waals surface area contributed by atoms with Gasteiger partial charge in [0.05, 0.1) is 21.8 Å². The molecule has 220 valence electrons. The zero-order valence-corrected chi connectivity index (χ0v) is 23.8. The van der Waals surface area contributed by atoms with Gasteiger partial charge in [-0.15, -0.1) is 5.10 Å².